The zero-order valence-electron chi connectivity index (χ0n) is 11.3. The third kappa shape index (κ3) is 2.75. The molecular weight excluding hydrogens is 281 g/mol. The summed E-state index contributed by atoms with van der Waals surface area (Å²) in [5.74, 6) is -3.05. The first-order chi connectivity index (χ1) is 9.96. The normalized spacial score (nSPS) is 18.8. The third-order valence-electron chi connectivity index (χ3n) is 3.96. The fourth-order valence-corrected chi connectivity index (χ4v) is 2.84. The van der Waals surface area contributed by atoms with Gasteiger partial charge in [-0.25, -0.2) is 13.2 Å². The van der Waals surface area contributed by atoms with Crippen LogP contribution in [0.3, 0.4) is 0 Å². The molecule has 2 N–H and O–H groups in total. The number of hydrogen-bond donors (Lipinski definition) is 1. The minimum atomic E-state index is -2.61. The van der Waals surface area contributed by atoms with E-state index < -0.39 is 11.7 Å². The average molecular weight is 296 g/mol. The van der Waals surface area contributed by atoms with Crippen molar-refractivity contribution in [3.8, 4) is 11.1 Å². The van der Waals surface area contributed by atoms with Crippen molar-refractivity contribution in [2.24, 2.45) is 0 Å². The first-order valence-corrected chi connectivity index (χ1v) is 6.85. The molecule has 0 unspecified atom stereocenters. The van der Waals surface area contributed by atoms with E-state index in [-0.39, 0.29) is 24.6 Å². The zero-order valence-corrected chi connectivity index (χ0v) is 11.3. The van der Waals surface area contributed by atoms with Crippen LogP contribution in [0.25, 0.3) is 11.1 Å². The van der Waals surface area contributed by atoms with E-state index in [1.165, 1.54) is 12.1 Å². The molecule has 3 nitrogen and oxygen atoms in total. The molecular formula is C15H15F3N2O. The number of nitrogens with two attached hydrogens (primary N) is 1. The van der Waals surface area contributed by atoms with Gasteiger partial charge in [0.05, 0.1) is 11.3 Å². The van der Waals surface area contributed by atoms with Crippen LogP contribution in [-0.2, 0) is 0 Å². The molecule has 1 aliphatic carbocycles. The van der Waals surface area contributed by atoms with E-state index in [9.17, 15) is 13.2 Å². The second-order valence-electron chi connectivity index (χ2n) is 5.45. The Morgan fingerprint density at radius 2 is 1.95 bits per heavy atom. The van der Waals surface area contributed by atoms with Gasteiger partial charge in [-0.3, -0.25) is 0 Å². The van der Waals surface area contributed by atoms with Crippen molar-refractivity contribution < 1.29 is 17.7 Å². The molecule has 3 rings (SSSR count). The number of rotatable bonds is 2. The molecule has 0 bridgehead atoms. The summed E-state index contributed by atoms with van der Waals surface area (Å²) < 4.78 is 44.9. The topological polar surface area (TPSA) is 52.0 Å². The predicted octanol–water partition coefficient (Wildman–Crippen LogP) is 4.36. The highest BCUT2D eigenvalue weighted by Crippen LogP contribution is 2.44. The average Bonchev–Trinajstić information content (AvgIpc) is 2.80. The van der Waals surface area contributed by atoms with Crippen LogP contribution in [0.2, 0.25) is 0 Å². The van der Waals surface area contributed by atoms with E-state index in [0.717, 1.165) is 0 Å². The highest BCUT2D eigenvalue weighted by molar-refractivity contribution is 5.75. The summed E-state index contributed by atoms with van der Waals surface area (Å²) in [6.07, 6.45) is 0.294. The van der Waals surface area contributed by atoms with Crippen molar-refractivity contribution in [1.29, 1.82) is 0 Å². The van der Waals surface area contributed by atoms with Crippen LogP contribution < -0.4 is 5.73 Å². The Labute approximate surface area is 119 Å². The zero-order chi connectivity index (χ0) is 15.0. The van der Waals surface area contributed by atoms with Gasteiger partial charge in [-0.2, -0.15) is 0 Å². The van der Waals surface area contributed by atoms with Gasteiger partial charge in [-0.15, -0.1) is 0 Å². The molecule has 0 atom stereocenters. The SMILES string of the molecule is Nc1onc(C2CCC(F)(F)CC2)c1-c1cccc(F)c1. The van der Waals surface area contributed by atoms with Crippen molar-refractivity contribution in [3.63, 3.8) is 0 Å². The van der Waals surface area contributed by atoms with Crippen LogP contribution in [-0.4, -0.2) is 11.1 Å². The maximum atomic E-state index is 13.4. The lowest BCUT2D eigenvalue weighted by Gasteiger charge is -2.27. The lowest BCUT2D eigenvalue weighted by molar-refractivity contribution is -0.0386. The lowest BCUT2D eigenvalue weighted by Crippen LogP contribution is -2.24. The molecule has 1 aromatic carbocycles. The first kappa shape index (κ1) is 14.0. The van der Waals surface area contributed by atoms with Gasteiger partial charge in [0.25, 0.3) is 0 Å². The van der Waals surface area contributed by atoms with Gasteiger partial charge in [-0.1, -0.05) is 17.3 Å². The second kappa shape index (κ2) is 5.09. The maximum absolute atomic E-state index is 13.4. The van der Waals surface area contributed by atoms with Crippen LogP contribution in [0.15, 0.2) is 28.8 Å². The molecule has 0 radical (unpaired) electrons. The van der Waals surface area contributed by atoms with Crippen molar-refractivity contribution in [2.75, 3.05) is 5.73 Å². The highest BCUT2D eigenvalue weighted by atomic mass is 19.3. The van der Waals surface area contributed by atoms with Gasteiger partial charge < -0.3 is 10.3 Å². The smallest absolute Gasteiger partial charge is 0.248 e. The van der Waals surface area contributed by atoms with Gasteiger partial charge >= 0.3 is 0 Å². The van der Waals surface area contributed by atoms with Gasteiger partial charge in [0.1, 0.15) is 5.82 Å². The summed E-state index contributed by atoms with van der Waals surface area (Å²) in [6.45, 7) is 0. The number of anilines is 1. The number of alkyl halides is 2. The van der Waals surface area contributed by atoms with Crippen molar-refractivity contribution >= 4 is 5.88 Å². The summed E-state index contributed by atoms with van der Waals surface area (Å²) in [5.41, 5.74) is 7.41. The van der Waals surface area contributed by atoms with E-state index in [4.69, 9.17) is 10.3 Å². The molecule has 0 spiro atoms. The molecule has 6 heteroatoms. The number of halogens is 3. The second-order valence-corrected chi connectivity index (χ2v) is 5.45. The molecule has 1 aromatic heterocycles. The van der Waals surface area contributed by atoms with E-state index >= 15 is 0 Å². The largest absolute Gasteiger partial charge is 0.367 e. The number of nitrogens with zero attached hydrogens (tertiary/aromatic N) is 1. The first-order valence-electron chi connectivity index (χ1n) is 6.85. The third-order valence-corrected chi connectivity index (χ3v) is 3.96. The number of hydrogen-bond acceptors (Lipinski definition) is 3. The van der Waals surface area contributed by atoms with E-state index in [2.05, 4.69) is 5.16 Å². The minimum Gasteiger partial charge on any atom is -0.367 e. The van der Waals surface area contributed by atoms with Crippen molar-refractivity contribution in [1.82, 2.24) is 5.16 Å². The predicted molar refractivity (Wildman–Crippen MR) is 72.5 cm³/mol. The Hall–Kier alpha value is -1.98. The maximum Gasteiger partial charge on any atom is 0.248 e. The Morgan fingerprint density at radius 3 is 2.62 bits per heavy atom. The fourth-order valence-electron chi connectivity index (χ4n) is 2.84. The molecule has 2 aromatic rings. The Bertz CT molecular complexity index is 644. The van der Waals surface area contributed by atoms with Crippen LogP contribution in [0.4, 0.5) is 19.1 Å². The summed E-state index contributed by atoms with van der Waals surface area (Å²) in [4.78, 5) is 0. The van der Waals surface area contributed by atoms with Crippen LogP contribution in [0, 0.1) is 5.82 Å². The van der Waals surface area contributed by atoms with Gasteiger partial charge in [-0.05, 0) is 30.5 Å². The molecule has 1 heterocycles. The van der Waals surface area contributed by atoms with Gasteiger partial charge in [0, 0.05) is 18.8 Å². The molecule has 0 aliphatic heterocycles. The van der Waals surface area contributed by atoms with Gasteiger partial charge in [0.15, 0.2) is 0 Å². The Balaban J connectivity index is 1.95. The molecule has 0 amide bonds. The molecule has 1 fully saturated rings. The van der Waals surface area contributed by atoms with Gasteiger partial charge in [0.2, 0.25) is 11.8 Å². The summed E-state index contributed by atoms with van der Waals surface area (Å²) >= 11 is 0. The van der Waals surface area contributed by atoms with Crippen LogP contribution in [0.1, 0.15) is 37.3 Å². The molecule has 0 saturated heterocycles. The fraction of sp³-hybridized carbons (Fsp3) is 0.400. The standard InChI is InChI=1S/C15H15F3N2O/c16-11-3-1-2-10(8-11)12-13(20-21-14(12)19)9-4-6-15(17,18)7-5-9/h1-3,8-9H,4-7,19H2. The monoisotopic (exact) mass is 296 g/mol. The molecule has 21 heavy (non-hydrogen) atoms. The summed E-state index contributed by atoms with van der Waals surface area (Å²) in [5, 5.41) is 3.93. The Kier molecular flexibility index (Phi) is 3.39. The van der Waals surface area contributed by atoms with E-state index in [1.807, 2.05) is 0 Å². The summed E-state index contributed by atoms with van der Waals surface area (Å²) in [7, 11) is 0. The number of benzene rings is 1. The molecule has 112 valence electrons. The molecule has 1 aliphatic rings. The quantitative estimate of drug-likeness (QED) is 0.896. The lowest BCUT2D eigenvalue weighted by atomic mass is 9.82. The Morgan fingerprint density at radius 1 is 1.24 bits per heavy atom. The van der Waals surface area contributed by atoms with E-state index in [0.29, 0.717) is 29.7 Å². The van der Waals surface area contributed by atoms with Crippen molar-refractivity contribution in [2.45, 2.75) is 37.5 Å². The summed E-state index contributed by atoms with van der Waals surface area (Å²) in [6, 6.07) is 5.93. The minimum absolute atomic E-state index is 0.0907. The molecule has 1 saturated carbocycles. The highest BCUT2D eigenvalue weighted by Gasteiger charge is 2.37. The number of nitrogen functional groups attached to an aromatic ring is 1. The van der Waals surface area contributed by atoms with Crippen LogP contribution >= 0.6 is 0 Å². The van der Waals surface area contributed by atoms with Crippen LogP contribution in [0.5, 0.6) is 0 Å². The van der Waals surface area contributed by atoms with Crippen molar-refractivity contribution in [3.05, 3.63) is 35.8 Å². The van der Waals surface area contributed by atoms with E-state index in [1.54, 1.807) is 12.1 Å². The number of aromatic nitrogens is 1.